The van der Waals surface area contributed by atoms with E-state index in [4.69, 9.17) is 14.1 Å². The zero-order chi connectivity index (χ0) is 20.9. The van der Waals surface area contributed by atoms with Crippen LogP contribution in [0.15, 0.2) is 18.2 Å². The number of ether oxygens (including phenoxy) is 2. The van der Waals surface area contributed by atoms with E-state index in [-0.39, 0.29) is 14.0 Å². The first-order valence-electron chi connectivity index (χ1n) is 8.95. The van der Waals surface area contributed by atoms with Crippen LogP contribution in [-0.4, -0.2) is 58.3 Å². The maximum atomic E-state index is 11.9. The molecule has 156 valence electrons. The summed E-state index contributed by atoms with van der Waals surface area (Å²) in [6.07, 6.45) is -1.14. The van der Waals surface area contributed by atoms with E-state index >= 15 is 0 Å². The van der Waals surface area contributed by atoms with Crippen molar-refractivity contribution >= 4 is 29.1 Å². The van der Waals surface area contributed by atoms with Gasteiger partial charge in [0.25, 0.3) is 0 Å². The van der Waals surface area contributed by atoms with E-state index in [0.717, 1.165) is 17.3 Å². The first-order chi connectivity index (χ1) is 13.0. The number of rotatable bonds is 8. The van der Waals surface area contributed by atoms with Crippen molar-refractivity contribution in [1.29, 1.82) is 0 Å². The molecule has 1 amide bonds. The van der Waals surface area contributed by atoms with Crippen LogP contribution >= 0.6 is 0 Å². The molecule has 0 saturated heterocycles. The van der Waals surface area contributed by atoms with Gasteiger partial charge in [0.05, 0.1) is 12.9 Å². The number of hydrogen-bond donors (Lipinski definition) is 3. The summed E-state index contributed by atoms with van der Waals surface area (Å²) >= 11 is 0. The minimum Gasteiger partial charge on any atom is -0.494 e. The van der Waals surface area contributed by atoms with Gasteiger partial charge in [0, 0.05) is 6.54 Å². The Hall–Kier alpha value is -1.82. The average molecular weight is 414 g/mol. The molecular formula is C17H27BN2O7S. The lowest BCUT2D eigenvalue weighted by Crippen LogP contribution is -2.42. The lowest BCUT2D eigenvalue weighted by molar-refractivity contribution is -0.000296. The minimum absolute atomic E-state index is 0.227. The minimum atomic E-state index is -3.22. The first-order valence-corrected chi connectivity index (χ1v) is 10.8. The number of hydrogen-bond acceptors (Lipinski definition) is 7. The molecule has 0 aliphatic carbocycles. The summed E-state index contributed by atoms with van der Waals surface area (Å²) in [6.45, 7) is 5.80. The highest BCUT2D eigenvalue weighted by Gasteiger charge is 2.34. The molecule has 0 radical (unpaired) electrons. The van der Waals surface area contributed by atoms with Gasteiger partial charge in [-0.15, -0.1) is 0 Å². The van der Waals surface area contributed by atoms with E-state index in [9.17, 15) is 18.3 Å². The highest BCUT2D eigenvalue weighted by Crippen LogP contribution is 2.27. The van der Waals surface area contributed by atoms with Gasteiger partial charge in [0.15, 0.2) is 6.23 Å². The molecule has 1 heterocycles. The molecule has 1 aromatic rings. The van der Waals surface area contributed by atoms with Crippen molar-refractivity contribution in [3.05, 3.63) is 23.8 Å². The van der Waals surface area contributed by atoms with E-state index < -0.39 is 34.0 Å². The number of fused-ring (bicyclic) bond motifs is 1. The average Bonchev–Trinajstić information content (AvgIpc) is 2.96. The van der Waals surface area contributed by atoms with Crippen molar-refractivity contribution in [1.82, 2.24) is 10.0 Å². The highest BCUT2D eigenvalue weighted by atomic mass is 32.2. The number of alkyl carbamates (subject to hydrolysis) is 1. The third-order valence-corrected chi connectivity index (χ3v) is 4.51. The zero-order valence-corrected chi connectivity index (χ0v) is 17.3. The van der Waals surface area contributed by atoms with Crippen molar-refractivity contribution in [2.75, 3.05) is 19.4 Å². The predicted molar refractivity (Wildman–Crippen MR) is 105 cm³/mol. The molecule has 3 N–H and O–H groups in total. The third kappa shape index (κ3) is 6.97. The second-order valence-electron chi connectivity index (χ2n) is 7.52. The summed E-state index contributed by atoms with van der Waals surface area (Å²) in [5, 5.41) is 12.7. The molecule has 28 heavy (non-hydrogen) atoms. The standard InChI is InChI=1S/C17H27BN2O7S/c1-17(2,3)26-16(22)20-15(21)14-11-7-5-8-12(13(11)18-27-14)25-10-6-9-19-28(4,23)24/h5,7-8,14-15,18-19,21H,6,9-10H2,1-4H3,(H,20,22). The predicted octanol–water partition coefficient (Wildman–Crippen LogP) is -0.104. The Labute approximate surface area is 166 Å². The SMILES string of the molecule is CC(C)(C)OC(=O)NC(O)C1OBc2c(OCCCNS(C)(=O)=O)cccc21. The number of aliphatic hydroxyl groups excluding tert-OH is 1. The lowest BCUT2D eigenvalue weighted by atomic mass is 9.85. The van der Waals surface area contributed by atoms with Crippen molar-refractivity contribution in [2.24, 2.45) is 0 Å². The van der Waals surface area contributed by atoms with Crippen LogP contribution in [0.1, 0.15) is 38.9 Å². The van der Waals surface area contributed by atoms with Gasteiger partial charge in [0.2, 0.25) is 10.0 Å². The molecule has 0 saturated carbocycles. The number of sulfonamides is 1. The number of amides is 1. The maximum absolute atomic E-state index is 11.9. The van der Waals surface area contributed by atoms with Gasteiger partial charge in [-0.3, -0.25) is 5.32 Å². The van der Waals surface area contributed by atoms with Crippen LogP contribution in [0.25, 0.3) is 0 Å². The topological polar surface area (TPSA) is 123 Å². The highest BCUT2D eigenvalue weighted by molar-refractivity contribution is 7.88. The molecule has 0 fully saturated rings. The van der Waals surface area contributed by atoms with Crippen LogP contribution in [0.3, 0.4) is 0 Å². The monoisotopic (exact) mass is 414 g/mol. The van der Waals surface area contributed by atoms with Crippen LogP contribution < -0.4 is 20.2 Å². The van der Waals surface area contributed by atoms with Gasteiger partial charge < -0.3 is 19.2 Å². The fraction of sp³-hybridized carbons (Fsp3) is 0.588. The molecule has 11 heteroatoms. The van der Waals surface area contributed by atoms with E-state index in [2.05, 4.69) is 10.0 Å². The summed E-state index contributed by atoms with van der Waals surface area (Å²) in [5.74, 6) is 0.601. The lowest BCUT2D eigenvalue weighted by Gasteiger charge is -2.24. The molecule has 2 unspecified atom stereocenters. The van der Waals surface area contributed by atoms with E-state index in [1.165, 1.54) is 0 Å². The molecule has 0 aromatic heterocycles. The molecule has 1 aromatic carbocycles. The van der Waals surface area contributed by atoms with Gasteiger partial charge in [-0.05, 0) is 44.3 Å². The normalized spacial score (nSPS) is 17.4. The van der Waals surface area contributed by atoms with Crippen molar-refractivity contribution in [2.45, 2.75) is 45.1 Å². The third-order valence-electron chi connectivity index (χ3n) is 3.78. The second kappa shape index (κ2) is 9.12. The Morgan fingerprint density at radius 3 is 2.75 bits per heavy atom. The summed E-state index contributed by atoms with van der Waals surface area (Å²) in [6, 6.07) is 5.35. The van der Waals surface area contributed by atoms with Crippen molar-refractivity contribution in [3.8, 4) is 5.75 Å². The van der Waals surface area contributed by atoms with E-state index in [1.54, 1.807) is 39.0 Å². The number of carbonyl (C=O) groups excluding carboxylic acids is 1. The van der Waals surface area contributed by atoms with Gasteiger partial charge in [0.1, 0.15) is 17.5 Å². The molecule has 2 rings (SSSR count). The summed E-state index contributed by atoms with van der Waals surface area (Å²) in [7, 11) is -2.99. The molecule has 0 spiro atoms. The Morgan fingerprint density at radius 1 is 1.39 bits per heavy atom. The van der Waals surface area contributed by atoms with Crippen LogP contribution in [0, 0.1) is 0 Å². The zero-order valence-electron chi connectivity index (χ0n) is 16.5. The Kier molecular flexibility index (Phi) is 7.32. The Balaban J connectivity index is 1.94. The van der Waals surface area contributed by atoms with Gasteiger partial charge in [-0.1, -0.05) is 12.1 Å². The molecule has 9 nitrogen and oxygen atoms in total. The van der Waals surface area contributed by atoms with Gasteiger partial charge in [-0.2, -0.15) is 0 Å². The summed E-state index contributed by atoms with van der Waals surface area (Å²) in [5.41, 5.74) is 0.828. The fourth-order valence-corrected chi connectivity index (χ4v) is 3.19. The van der Waals surface area contributed by atoms with E-state index in [1.807, 2.05) is 0 Å². The van der Waals surface area contributed by atoms with Crippen LogP contribution in [-0.2, 0) is 19.4 Å². The van der Waals surface area contributed by atoms with Crippen LogP contribution in [0.2, 0.25) is 0 Å². The largest absolute Gasteiger partial charge is 0.494 e. The summed E-state index contributed by atoms with van der Waals surface area (Å²) < 4.78 is 41.0. The van der Waals surface area contributed by atoms with Crippen LogP contribution in [0.4, 0.5) is 4.79 Å². The number of carbonyl (C=O) groups is 1. The number of aliphatic hydroxyl groups is 1. The summed E-state index contributed by atoms with van der Waals surface area (Å²) in [4.78, 5) is 11.9. The number of nitrogens with one attached hydrogen (secondary N) is 2. The van der Waals surface area contributed by atoms with Crippen molar-refractivity contribution in [3.63, 3.8) is 0 Å². The van der Waals surface area contributed by atoms with E-state index in [0.29, 0.717) is 18.8 Å². The Bertz CT molecular complexity index is 795. The van der Waals surface area contributed by atoms with Gasteiger partial charge in [-0.25, -0.2) is 17.9 Å². The smallest absolute Gasteiger partial charge is 0.409 e. The first kappa shape index (κ1) is 22.5. The molecule has 0 bridgehead atoms. The fourth-order valence-electron chi connectivity index (χ4n) is 2.68. The molecule has 2 atom stereocenters. The quantitative estimate of drug-likeness (QED) is 0.308. The maximum Gasteiger partial charge on any atom is 0.409 e. The number of benzene rings is 1. The van der Waals surface area contributed by atoms with Crippen LogP contribution in [0.5, 0.6) is 5.75 Å². The Morgan fingerprint density at radius 2 is 2.11 bits per heavy atom. The molecular weight excluding hydrogens is 387 g/mol. The molecule has 1 aliphatic rings. The van der Waals surface area contributed by atoms with Gasteiger partial charge >= 0.3 is 13.6 Å². The van der Waals surface area contributed by atoms with Crippen molar-refractivity contribution < 1.29 is 32.4 Å². The second-order valence-corrected chi connectivity index (χ2v) is 9.35. The molecule has 1 aliphatic heterocycles.